The Kier molecular flexibility index (Phi) is 6.25. The Labute approximate surface area is 233 Å². The van der Waals surface area contributed by atoms with Gasteiger partial charge in [0.2, 0.25) is 26.8 Å². The maximum atomic E-state index is 13.1. The molecule has 3 aromatic heterocycles. The highest BCUT2D eigenvalue weighted by Crippen LogP contribution is 2.34. The lowest BCUT2D eigenvalue weighted by molar-refractivity contribution is -0.118. The third-order valence-corrected chi connectivity index (χ3v) is 8.30. The normalized spacial score (nSPS) is 15.3. The zero-order chi connectivity index (χ0) is 29.2. The molecule has 2 amide bonds. The van der Waals surface area contributed by atoms with Crippen molar-refractivity contribution in [2.45, 2.75) is 37.4 Å². The minimum Gasteiger partial charge on any atom is -0.459 e. The summed E-state index contributed by atoms with van der Waals surface area (Å²) in [6, 6.07) is 8.52. The van der Waals surface area contributed by atoms with E-state index in [0.29, 0.717) is 28.5 Å². The van der Waals surface area contributed by atoms with Crippen molar-refractivity contribution in [3.63, 3.8) is 0 Å². The van der Waals surface area contributed by atoms with Gasteiger partial charge in [-0.25, -0.2) is 13.2 Å². The predicted octanol–water partition coefficient (Wildman–Crippen LogP) is 1.84. The number of rotatable bonds is 8. The number of sulfone groups is 1. The molecule has 214 valence electrons. The number of carbonyl (C=O) groups is 2. The number of imidazole rings is 1. The highest BCUT2D eigenvalue weighted by Gasteiger charge is 2.31. The first kappa shape index (κ1) is 26.7. The minimum atomic E-state index is -3.78. The van der Waals surface area contributed by atoms with E-state index in [4.69, 9.17) is 4.42 Å². The molecule has 6 rings (SSSR count). The molecule has 2 aliphatic carbocycles. The number of aromatic nitrogens is 4. The summed E-state index contributed by atoms with van der Waals surface area (Å²) in [5.74, 6) is 0.573. The van der Waals surface area contributed by atoms with Crippen LogP contribution in [0, 0.1) is 11.8 Å². The first-order valence-electron chi connectivity index (χ1n) is 13.1. The van der Waals surface area contributed by atoms with Crippen LogP contribution in [0.2, 0.25) is 0 Å². The van der Waals surface area contributed by atoms with Crippen LogP contribution < -0.4 is 21.9 Å². The molecular formula is C27H28N6O7S. The van der Waals surface area contributed by atoms with E-state index in [2.05, 4.69) is 15.6 Å². The van der Waals surface area contributed by atoms with Crippen molar-refractivity contribution in [2.24, 2.45) is 25.9 Å². The molecule has 0 saturated heterocycles. The molecule has 2 aliphatic rings. The zero-order valence-corrected chi connectivity index (χ0v) is 23.4. The summed E-state index contributed by atoms with van der Waals surface area (Å²) >= 11 is 0. The Balaban J connectivity index is 1.37. The van der Waals surface area contributed by atoms with Crippen LogP contribution in [0.4, 0.5) is 11.4 Å². The molecule has 13 nitrogen and oxygen atoms in total. The first-order chi connectivity index (χ1) is 19.4. The fourth-order valence-electron chi connectivity index (χ4n) is 4.75. The third-order valence-electron chi connectivity index (χ3n) is 7.27. The Morgan fingerprint density at radius 1 is 0.951 bits per heavy atom. The molecule has 2 N–H and O–H groups in total. The molecule has 0 radical (unpaired) electrons. The average Bonchev–Trinajstić information content (AvgIpc) is 3.84. The van der Waals surface area contributed by atoms with Gasteiger partial charge in [-0.15, -0.1) is 0 Å². The van der Waals surface area contributed by atoms with Gasteiger partial charge in [0.05, 0.1) is 6.54 Å². The maximum absolute atomic E-state index is 13.1. The van der Waals surface area contributed by atoms with E-state index in [0.717, 1.165) is 41.1 Å². The van der Waals surface area contributed by atoms with Crippen LogP contribution in [0.5, 0.6) is 0 Å². The molecule has 0 unspecified atom stereocenters. The van der Waals surface area contributed by atoms with Crippen molar-refractivity contribution in [3.8, 4) is 11.3 Å². The van der Waals surface area contributed by atoms with Crippen molar-refractivity contribution < 1.29 is 22.4 Å². The van der Waals surface area contributed by atoms with Crippen LogP contribution in [0.1, 0.15) is 31.4 Å². The Hall–Kier alpha value is -4.46. The average molecular weight is 581 g/mol. The van der Waals surface area contributed by atoms with Gasteiger partial charge >= 0.3 is 5.69 Å². The number of nitrogens with one attached hydrogen (secondary N) is 2. The molecule has 0 atom stereocenters. The largest absolute Gasteiger partial charge is 0.459 e. The molecule has 2 fully saturated rings. The van der Waals surface area contributed by atoms with Crippen molar-refractivity contribution in [3.05, 3.63) is 56.9 Å². The minimum absolute atomic E-state index is 0.00910. The molecule has 0 aliphatic heterocycles. The number of hydrogen-bond donors (Lipinski definition) is 2. The van der Waals surface area contributed by atoms with Gasteiger partial charge in [0, 0.05) is 49.1 Å². The van der Waals surface area contributed by atoms with E-state index in [9.17, 15) is 27.6 Å². The van der Waals surface area contributed by atoms with E-state index in [1.165, 1.54) is 18.7 Å². The topological polar surface area (TPSA) is 167 Å². The zero-order valence-electron chi connectivity index (χ0n) is 22.6. The predicted molar refractivity (Wildman–Crippen MR) is 149 cm³/mol. The van der Waals surface area contributed by atoms with Gasteiger partial charge < -0.3 is 19.6 Å². The summed E-state index contributed by atoms with van der Waals surface area (Å²) in [6.07, 6.45) is 4.36. The second-order valence-electron chi connectivity index (χ2n) is 10.7. The molecule has 0 bridgehead atoms. The van der Waals surface area contributed by atoms with Crippen LogP contribution in [-0.4, -0.2) is 45.2 Å². The Bertz CT molecular complexity index is 1930. The van der Waals surface area contributed by atoms with Gasteiger partial charge in [-0.05, 0) is 56.0 Å². The lowest BCUT2D eigenvalue weighted by Gasteiger charge is -2.11. The maximum Gasteiger partial charge on any atom is 0.332 e. The highest BCUT2D eigenvalue weighted by atomic mass is 32.2. The molecular weight excluding hydrogens is 552 g/mol. The summed E-state index contributed by atoms with van der Waals surface area (Å²) in [5.41, 5.74) is 0.155. The molecule has 14 heteroatoms. The number of nitrogens with zero attached hydrogens (tertiary/aromatic N) is 4. The van der Waals surface area contributed by atoms with Crippen LogP contribution in [0.15, 0.2) is 49.5 Å². The summed E-state index contributed by atoms with van der Waals surface area (Å²) < 4.78 is 33.8. The SMILES string of the molecule is Cn1c(=O)c2c(nc(S(C)(=O)=O)n2C)n(Cc2ccc(-c3cc(NC(=O)C4CC4)cc(NC(=O)C4CC4)c3)o2)c1=O. The molecule has 0 spiro atoms. The van der Waals surface area contributed by atoms with E-state index in [1.54, 1.807) is 30.3 Å². The number of benzene rings is 1. The molecule has 4 aromatic rings. The Morgan fingerprint density at radius 3 is 2.07 bits per heavy atom. The fraction of sp³-hybridized carbons (Fsp3) is 0.370. The number of fused-ring (bicyclic) bond motifs is 1. The summed E-state index contributed by atoms with van der Waals surface area (Å²) in [7, 11) is -1.07. The number of aryl methyl sites for hydroxylation is 1. The van der Waals surface area contributed by atoms with Crippen LogP contribution >= 0.6 is 0 Å². The van der Waals surface area contributed by atoms with Gasteiger partial charge in [-0.3, -0.25) is 23.5 Å². The summed E-state index contributed by atoms with van der Waals surface area (Å²) in [6.45, 7) is -0.132. The van der Waals surface area contributed by atoms with E-state index >= 15 is 0 Å². The van der Waals surface area contributed by atoms with Crippen molar-refractivity contribution in [1.82, 2.24) is 18.7 Å². The van der Waals surface area contributed by atoms with Gasteiger partial charge in [0.15, 0.2) is 11.2 Å². The molecule has 3 heterocycles. The summed E-state index contributed by atoms with van der Waals surface area (Å²) in [4.78, 5) is 54.9. The van der Waals surface area contributed by atoms with Crippen molar-refractivity contribution in [1.29, 1.82) is 0 Å². The van der Waals surface area contributed by atoms with E-state index < -0.39 is 21.1 Å². The lowest BCUT2D eigenvalue weighted by atomic mass is 10.1. The lowest BCUT2D eigenvalue weighted by Crippen LogP contribution is -2.38. The van der Waals surface area contributed by atoms with Gasteiger partial charge in [0.1, 0.15) is 11.5 Å². The van der Waals surface area contributed by atoms with Crippen LogP contribution in [-0.2, 0) is 40.1 Å². The van der Waals surface area contributed by atoms with Gasteiger partial charge in [0.25, 0.3) is 5.56 Å². The number of anilines is 2. The van der Waals surface area contributed by atoms with E-state index in [-0.39, 0.29) is 46.5 Å². The molecule has 1 aromatic carbocycles. The van der Waals surface area contributed by atoms with Gasteiger partial charge in [-0.2, -0.15) is 4.98 Å². The second-order valence-corrected chi connectivity index (χ2v) is 12.6. The van der Waals surface area contributed by atoms with Crippen LogP contribution in [0.3, 0.4) is 0 Å². The second kappa shape index (κ2) is 9.58. The molecule has 41 heavy (non-hydrogen) atoms. The number of amides is 2. The van der Waals surface area contributed by atoms with Crippen LogP contribution in [0.25, 0.3) is 22.5 Å². The standard InChI is InChI=1S/C27H28N6O7S/c1-31-21-22(30-26(31)41(3,38)39)33(27(37)32(2)25(21)36)13-19-8-9-20(40-19)16-10-17(28-23(34)14-4-5-14)12-18(11-16)29-24(35)15-6-7-15/h8-12,14-15H,4-7,13H2,1-3H3,(H,28,34)(H,29,35). The van der Waals surface area contributed by atoms with Crippen molar-refractivity contribution >= 4 is 44.2 Å². The number of hydrogen-bond acceptors (Lipinski definition) is 8. The number of furan rings is 1. The monoisotopic (exact) mass is 580 g/mol. The smallest absolute Gasteiger partial charge is 0.332 e. The van der Waals surface area contributed by atoms with E-state index in [1.807, 2.05) is 0 Å². The van der Waals surface area contributed by atoms with Gasteiger partial charge in [-0.1, -0.05) is 0 Å². The Morgan fingerprint density at radius 2 is 1.54 bits per heavy atom. The summed E-state index contributed by atoms with van der Waals surface area (Å²) in [5, 5.41) is 5.48. The first-order valence-corrected chi connectivity index (χ1v) is 15.0. The highest BCUT2D eigenvalue weighted by molar-refractivity contribution is 7.90. The fourth-order valence-corrected chi connectivity index (χ4v) is 5.59. The molecule has 2 saturated carbocycles. The van der Waals surface area contributed by atoms with Crippen molar-refractivity contribution in [2.75, 3.05) is 16.9 Å². The quantitative estimate of drug-likeness (QED) is 0.318. The number of carbonyl (C=O) groups excluding carboxylic acids is 2. The third kappa shape index (κ3) is 5.10.